The lowest BCUT2D eigenvalue weighted by Gasteiger charge is -2.14. The van der Waals surface area contributed by atoms with Crippen molar-refractivity contribution in [3.05, 3.63) is 53.6 Å². The lowest BCUT2D eigenvalue weighted by Crippen LogP contribution is -2.13. The molecule has 23 heavy (non-hydrogen) atoms. The summed E-state index contributed by atoms with van der Waals surface area (Å²) in [4.78, 5) is 12.4. The van der Waals surface area contributed by atoms with Gasteiger partial charge >= 0.3 is 0 Å². The first-order valence-corrected chi connectivity index (χ1v) is 7.78. The highest BCUT2D eigenvalue weighted by Gasteiger charge is 2.12. The van der Waals surface area contributed by atoms with Crippen molar-refractivity contribution >= 4 is 11.6 Å². The Bertz CT molecular complexity index is 680. The van der Waals surface area contributed by atoms with E-state index in [2.05, 4.69) is 12.2 Å². The van der Waals surface area contributed by atoms with Crippen LogP contribution in [0.2, 0.25) is 0 Å². The smallest absolute Gasteiger partial charge is 0.255 e. The monoisotopic (exact) mass is 313 g/mol. The molecule has 0 spiro atoms. The van der Waals surface area contributed by atoms with Crippen molar-refractivity contribution in [2.24, 2.45) is 0 Å². The summed E-state index contributed by atoms with van der Waals surface area (Å²) in [6.45, 7) is 5.97. The van der Waals surface area contributed by atoms with Crippen LogP contribution in [0, 0.1) is 0 Å². The maximum absolute atomic E-state index is 12.4. The normalized spacial score (nSPS) is 10.5. The Labute approximate surface area is 137 Å². The number of carbonyl (C=O) groups excluding carboxylic acids is 1. The summed E-state index contributed by atoms with van der Waals surface area (Å²) in [5, 5.41) is 2.91. The van der Waals surface area contributed by atoms with Crippen LogP contribution in [-0.2, 0) is 6.42 Å². The van der Waals surface area contributed by atoms with Gasteiger partial charge in [0.2, 0.25) is 0 Å². The Morgan fingerprint density at radius 1 is 1.13 bits per heavy atom. The minimum atomic E-state index is -0.173. The number of amides is 1. The molecule has 122 valence electrons. The first-order chi connectivity index (χ1) is 11.0. The molecule has 0 saturated heterocycles. The molecule has 0 unspecified atom stereocenters. The summed E-state index contributed by atoms with van der Waals surface area (Å²) in [7, 11) is 1.56. The van der Waals surface area contributed by atoms with Crippen LogP contribution in [0.25, 0.3) is 0 Å². The predicted octanol–water partition coefficient (Wildman–Crippen LogP) is 4.30. The Hall–Kier alpha value is -2.49. The molecule has 0 atom stereocenters. The molecule has 0 bridgehead atoms. The molecule has 0 aliphatic heterocycles. The fraction of sp³-hybridized carbons (Fsp3) is 0.316. The lowest BCUT2D eigenvalue weighted by atomic mass is 10.1. The van der Waals surface area contributed by atoms with E-state index in [0.29, 0.717) is 17.1 Å². The van der Waals surface area contributed by atoms with Crippen LogP contribution in [-0.4, -0.2) is 19.1 Å². The zero-order valence-corrected chi connectivity index (χ0v) is 14.1. The van der Waals surface area contributed by atoms with Gasteiger partial charge in [-0.3, -0.25) is 4.79 Å². The summed E-state index contributed by atoms with van der Waals surface area (Å²) in [6.07, 6.45) is 0.971. The average molecular weight is 313 g/mol. The van der Waals surface area contributed by atoms with Crippen molar-refractivity contribution in [3.8, 4) is 11.5 Å². The van der Waals surface area contributed by atoms with Crippen molar-refractivity contribution in [2.45, 2.75) is 33.3 Å². The highest BCUT2D eigenvalue weighted by molar-refractivity contribution is 6.04. The van der Waals surface area contributed by atoms with E-state index < -0.39 is 0 Å². The number of methoxy groups -OCH3 is 1. The van der Waals surface area contributed by atoms with Crippen molar-refractivity contribution in [1.29, 1.82) is 0 Å². The number of hydrogen-bond acceptors (Lipinski definition) is 3. The summed E-state index contributed by atoms with van der Waals surface area (Å²) >= 11 is 0. The fourth-order valence-corrected chi connectivity index (χ4v) is 2.23. The number of rotatable bonds is 6. The molecule has 0 saturated carbocycles. The zero-order valence-electron chi connectivity index (χ0n) is 14.1. The quantitative estimate of drug-likeness (QED) is 0.865. The number of anilines is 1. The van der Waals surface area contributed by atoms with E-state index in [1.807, 2.05) is 38.1 Å². The van der Waals surface area contributed by atoms with E-state index >= 15 is 0 Å². The molecule has 1 N–H and O–H groups in total. The Morgan fingerprint density at radius 3 is 2.57 bits per heavy atom. The number of ether oxygens (including phenoxy) is 2. The third-order valence-electron chi connectivity index (χ3n) is 3.38. The van der Waals surface area contributed by atoms with E-state index in [1.54, 1.807) is 25.3 Å². The van der Waals surface area contributed by atoms with Gasteiger partial charge in [-0.15, -0.1) is 0 Å². The number of hydrogen-bond donors (Lipinski definition) is 1. The first-order valence-electron chi connectivity index (χ1n) is 7.78. The van der Waals surface area contributed by atoms with Crippen molar-refractivity contribution < 1.29 is 14.3 Å². The summed E-state index contributed by atoms with van der Waals surface area (Å²) in [6, 6.07) is 13.0. The molecule has 0 radical (unpaired) electrons. The van der Waals surface area contributed by atoms with Gasteiger partial charge in [0.05, 0.1) is 13.2 Å². The van der Waals surface area contributed by atoms with Gasteiger partial charge in [-0.05, 0) is 56.2 Å². The molecular formula is C19H23NO3. The topological polar surface area (TPSA) is 47.6 Å². The van der Waals surface area contributed by atoms with Crippen molar-refractivity contribution in [3.63, 3.8) is 0 Å². The van der Waals surface area contributed by atoms with E-state index in [0.717, 1.165) is 12.1 Å². The SMILES string of the molecule is CCc1cccc(NC(=O)c2ccc(OC(C)C)c(OC)c2)c1. The highest BCUT2D eigenvalue weighted by atomic mass is 16.5. The molecule has 0 fully saturated rings. The first kappa shape index (κ1) is 16.9. The standard InChI is InChI=1S/C19H23NO3/c1-5-14-7-6-8-16(11-14)20-19(21)15-9-10-17(23-13(2)3)18(12-15)22-4/h6-13H,5H2,1-4H3,(H,20,21). The lowest BCUT2D eigenvalue weighted by molar-refractivity contribution is 0.102. The van der Waals surface area contributed by atoms with E-state index in [1.165, 1.54) is 5.56 Å². The van der Waals surface area contributed by atoms with Gasteiger partial charge < -0.3 is 14.8 Å². The van der Waals surface area contributed by atoms with Gasteiger partial charge in [-0.25, -0.2) is 0 Å². The molecule has 2 aromatic rings. The largest absolute Gasteiger partial charge is 0.493 e. The fourth-order valence-electron chi connectivity index (χ4n) is 2.23. The van der Waals surface area contributed by atoms with Crippen molar-refractivity contribution in [1.82, 2.24) is 0 Å². The zero-order chi connectivity index (χ0) is 16.8. The van der Waals surface area contributed by atoms with Crippen LogP contribution in [0.15, 0.2) is 42.5 Å². The second kappa shape index (κ2) is 7.68. The number of aryl methyl sites for hydroxylation is 1. The van der Waals surface area contributed by atoms with Crippen LogP contribution >= 0.6 is 0 Å². The van der Waals surface area contributed by atoms with Gasteiger partial charge in [0, 0.05) is 11.3 Å². The molecule has 2 rings (SSSR count). The predicted molar refractivity (Wildman–Crippen MR) is 92.5 cm³/mol. The maximum Gasteiger partial charge on any atom is 0.255 e. The van der Waals surface area contributed by atoms with Crippen molar-refractivity contribution in [2.75, 3.05) is 12.4 Å². The molecule has 1 amide bonds. The van der Waals surface area contributed by atoms with E-state index in [4.69, 9.17) is 9.47 Å². The van der Waals surface area contributed by atoms with Crippen LogP contribution in [0.4, 0.5) is 5.69 Å². The molecule has 0 aromatic heterocycles. The Kier molecular flexibility index (Phi) is 5.63. The Balaban J connectivity index is 2.18. The third-order valence-corrected chi connectivity index (χ3v) is 3.38. The van der Waals surface area contributed by atoms with Gasteiger partial charge in [-0.2, -0.15) is 0 Å². The average Bonchev–Trinajstić information content (AvgIpc) is 2.54. The van der Waals surface area contributed by atoms with Crippen LogP contribution < -0.4 is 14.8 Å². The number of nitrogens with one attached hydrogen (secondary N) is 1. The van der Waals surface area contributed by atoms with Gasteiger partial charge in [0.1, 0.15) is 0 Å². The molecule has 0 aliphatic rings. The van der Waals surface area contributed by atoms with Gasteiger partial charge in [-0.1, -0.05) is 19.1 Å². The second-order valence-corrected chi connectivity index (χ2v) is 5.54. The summed E-state index contributed by atoms with van der Waals surface area (Å²) in [5.41, 5.74) is 2.50. The minimum Gasteiger partial charge on any atom is -0.493 e. The minimum absolute atomic E-state index is 0.0420. The second-order valence-electron chi connectivity index (χ2n) is 5.54. The van der Waals surface area contributed by atoms with Gasteiger partial charge in [0.25, 0.3) is 5.91 Å². The van der Waals surface area contributed by atoms with E-state index in [-0.39, 0.29) is 12.0 Å². The van der Waals surface area contributed by atoms with E-state index in [9.17, 15) is 4.79 Å². The third kappa shape index (κ3) is 4.49. The molecule has 4 nitrogen and oxygen atoms in total. The summed E-state index contributed by atoms with van der Waals surface area (Å²) < 4.78 is 11.0. The number of carbonyl (C=O) groups is 1. The Morgan fingerprint density at radius 2 is 1.91 bits per heavy atom. The van der Waals surface area contributed by atoms with Crippen LogP contribution in [0.5, 0.6) is 11.5 Å². The molecule has 4 heteroatoms. The summed E-state index contributed by atoms with van der Waals surface area (Å²) in [5.74, 6) is 1.01. The molecule has 2 aromatic carbocycles. The molecule has 0 aliphatic carbocycles. The maximum atomic E-state index is 12.4. The highest BCUT2D eigenvalue weighted by Crippen LogP contribution is 2.29. The molecular weight excluding hydrogens is 290 g/mol. The number of benzene rings is 2. The molecule has 0 heterocycles. The van der Waals surface area contributed by atoms with Crippen LogP contribution in [0.3, 0.4) is 0 Å². The van der Waals surface area contributed by atoms with Gasteiger partial charge in [0.15, 0.2) is 11.5 Å². The van der Waals surface area contributed by atoms with Crippen LogP contribution in [0.1, 0.15) is 36.7 Å².